The van der Waals surface area contributed by atoms with Gasteiger partial charge in [0.2, 0.25) is 0 Å². The highest BCUT2D eigenvalue weighted by atomic mass is 16.5. The fourth-order valence-electron chi connectivity index (χ4n) is 5.38. The van der Waals surface area contributed by atoms with Gasteiger partial charge in [0.25, 0.3) is 0 Å². The van der Waals surface area contributed by atoms with Crippen LogP contribution in [-0.4, -0.2) is 23.5 Å². The van der Waals surface area contributed by atoms with Gasteiger partial charge in [-0.15, -0.1) is 0 Å². The first kappa shape index (κ1) is 24.9. The van der Waals surface area contributed by atoms with Crippen molar-refractivity contribution < 1.29 is 28.7 Å². The normalized spacial score (nSPS) is 14.7. The number of hydrogen-bond acceptors (Lipinski definition) is 6. The molecule has 0 amide bonds. The topological polar surface area (TPSA) is 86.7 Å². The zero-order valence-electron chi connectivity index (χ0n) is 21.7. The molecule has 6 heteroatoms. The van der Waals surface area contributed by atoms with Crippen LogP contribution in [0.15, 0.2) is 108 Å². The predicted octanol–water partition coefficient (Wildman–Crippen LogP) is 6.33. The van der Waals surface area contributed by atoms with Crippen molar-refractivity contribution in [1.29, 1.82) is 0 Å². The minimum atomic E-state index is -0.520. The maximum Gasteiger partial charge on any atom is 0.308 e. The van der Waals surface area contributed by atoms with E-state index >= 15 is 0 Å². The van der Waals surface area contributed by atoms with Crippen LogP contribution in [0.3, 0.4) is 0 Å². The minimum absolute atomic E-state index is 0.245. The molecule has 0 saturated carbocycles. The van der Waals surface area contributed by atoms with Crippen LogP contribution >= 0.6 is 0 Å². The maximum absolute atomic E-state index is 13.6. The number of benzene rings is 4. The lowest BCUT2D eigenvalue weighted by molar-refractivity contribution is -0.132. The van der Waals surface area contributed by atoms with Crippen molar-refractivity contribution >= 4 is 56.2 Å². The van der Waals surface area contributed by atoms with Crippen LogP contribution in [0.4, 0.5) is 0 Å². The third-order valence-corrected chi connectivity index (χ3v) is 6.91. The molecule has 0 aliphatic heterocycles. The van der Waals surface area contributed by atoms with Gasteiger partial charge in [-0.2, -0.15) is 0 Å². The number of hydrogen-bond donors (Lipinski definition) is 0. The van der Waals surface area contributed by atoms with Crippen LogP contribution in [0, 0.1) is 0 Å². The molecule has 0 unspecified atom stereocenters. The molecule has 6 nitrogen and oxygen atoms in total. The summed E-state index contributed by atoms with van der Waals surface area (Å²) in [6.45, 7) is 2.61. The standard InChI is InChI=1S/C34H22O6/c1-19(35)39-29-17-11-21-7-3-5-9-23(21)33(29)31-25-13-16-28(38)32(26(25)14-15-27(31)37)34-24-10-6-4-8-22(24)12-18-30(34)40-20(2)36/h3-18H,1-2H3. The molecule has 0 fully saturated rings. The number of ketones is 2. The number of carbonyl (C=O) groups excluding carboxylic acids is 4. The number of fused-ring (bicyclic) bond motifs is 3. The summed E-state index contributed by atoms with van der Waals surface area (Å²) in [7, 11) is 0. The number of rotatable bonds is 4. The summed E-state index contributed by atoms with van der Waals surface area (Å²) < 4.78 is 11.1. The number of ether oxygens (including phenoxy) is 2. The third-order valence-electron chi connectivity index (χ3n) is 6.91. The van der Waals surface area contributed by atoms with Crippen molar-refractivity contribution in [2.24, 2.45) is 0 Å². The molecular formula is C34H22O6. The maximum atomic E-state index is 13.6. The van der Waals surface area contributed by atoms with Crippen molar-refractivity contribution in [3.63, 3.8) is 0 Å². The number of carbonyl (C=O) groups is 4. The van der Waals surface area contributed by atoms with E-state index in [1.54, 1.807) is 24.3 Å². The van der Waals surface area contributed by atoms with Gasteiger partial charge in [0.15, 0.2) is 11.6 Å². The zero-order chi connectivity index (χ0) is 28.0. The molecule has 0 radical (unpaired) electrons. The summed E-state index contributed by atoms with van der Waals surface area (Å²) >= 11 is 0. The van der Waals surface area contributed by atoms with Crippen LogP contribution in [0.1, 0.15) is 25.0 Å². The summed E-state index contributed by atoms with van der Waals surface area (Å²) in [6.07, 6.45) is 6.06. The van der Waals surface area contributed by atoms with Gasteiger partial charge < -0.3 is 9.47 Å². The molecule has 2 aliphatic carbocycles. The molecule has 4 aromatic rings. The SMILES string of the molecule is CC(=O)Oc1ccc2ccccc2c1C1=C2C=CC(=O)C(c3c(OC(C)=O)ccc4ccccc34)=C2C=CC1=O. The highest BCUT2D eigenvalue weighted by Gasteiger charge is 2.32. The van der Waals surface area contributed by atoms with Crippen molar-refractivity contribution in [3.05, 3.63) is 119 Å². The highest BCUT2D eigenvalue weighted by Crippen LogP contribution is 2.45. The minimum Gasteiger partial charge on any atom is -0.426 e. The lowest BCUT2D eigenvalue weighted by Crippen LogP contribution is -2.16. The second kappa shape index (κ2) is 9.75. The first-order valence-corrected chi connectivity index (χ1v) is 12.7. The predicted molar refractivity (Wildman–Crippen MR) is 153 cm³/mol. The molecule has 40 heavy (non-hydrogen) atoms. The van der Waals surface area contributed by atoms with E-state index in [4.69, 9.17) is 9.47 Å². The molecule has 0 aromatic heterocycles. The first-order valence-electron chi connectivity index (χ1n) is 12.7. The Balaban J connectivity index is 1.72. The van der Waals surface area contributed by atoms with Gasteiger partial charge in [-0.25, -0.2) is 0 Å². The lowest BCUT2D eigenvalue weighted by atomic mass is 9.78. The Morgan fingerprint density at radius 3 is 1.32 bits per heavy atom. The van der Waals surface area contributed by atoms with E-state index in [0.717, 1.165) is 21.5 Å². The van der Waals surface area contributed by atoms with Crippen LogP contribution in [0.5, 0.6) is 11.5 Å². The van der Waals surface area contributed by atoms with Gasteiger partial charge in [-0.1, -0.05) is 60.7 Å². The summed E-state index contributed by atoms with van der Waals surface area (Å²) in [5.74, 6) is -1.13. The average Bonchev–Trinajstić information content (AvgIpc) is 2.93. The smallest absolute Gasteiger partial charge is 0.308 e. The molecule has 2 aliphatic rings. The Morgan fingerprint density at radius 2 is 0.925 bits per heavy atom. The van der Waals surface area contributed by atoms with Crippen LogP contribution in [0.2, 0.25) is 0 Å². The molecule has 0 heterocycles. The molecule has 6 rings (SSSR count). The first-order chi connectivity index (χ1) is 19.3. The largest absolute Gasteiger partial charge is 0.426 e. The molecule has 0 saturated heterocycles. The van der Waals surface area contributed by atoms with Crippen molar-refractivity contribution in [1.82, 2.24) is 0 Å². The molecule has 0 N–H and O–H groups in total. The van der Waals surface area contributed by atoms with Gasteiger partial charge in [0.1, 0.15) is 11.5 Å². The third kappa shape index (κ3) is 4.16. The highest BCUT2D eigenvalue weighted by molar-refractivity contribution is 6.37. The molecule has 0 spiro atoms. The van der Waals surface area contributed by atoms with E-state index in [2.05, 4.69) is 0 Å². The van der Waals surface area contributed by atoms with E-state index in [-0.39, 0.29) is 23.1 Å². The second-order valence-electron chi connectivity index (χ2n) is 9.48. The van der Waals surface area contributed by atoms with Crippen molar-refractivity contribution in [2.75, 3.05) is 0 Å². The molecular weight excluding hydrogens is 504 g/mol. The Kier molecular flexibility index (Phi) is 6.08. The number of esters is 2. The van der Waals surface area contributed by atoms with E-state index in [1.807, 2.05) is 60.7 Å². The van der Waals surface area contributed by atoms with Crippen LogP contribution < -0.4 is 9.47 Å². The number of allylic oxidation sites excluding steroid dienone is 8. The fourth-order valence-corrected chi connectivity index (χ4v) is 5.38. The second-order valence-corrected chi connectivity index (χ2v) is 9.48. The zero-order valence-corrected chi connectivity index (χ0v) is 21.7. The van der Waals surface area contributed by atoms with Gasteiger partial charge >= 0.3 is 11.9 Å². The van der Waals surface area contributed by atoms with Gasteiger partial charge in [0.05, 0.1) is 0 Å². The summed E-state index contributed by atoms with van der Waals surface area (Å²) in [5, 5.41) is 3.17. The van der Waals surface area contributed by atoms with Gasteiger partial charge in [0, 0.05) is 36.1 Å². The fraction of sp³-hybridized carbons (Fsp3) is 0.0588. The Labute approximate surface area is 229 Å². The van der Waals surface area contributed by atoms with Gasteiger partial charge in [-0.3, -0.25) is 19.2 Å². The summed E-state index contributed by atoms with van der Waals surface area (Å²) in [6, 6.07) is 22.0. The van der Waals surface area contributed by atoms with E-state index in [1.165, 1.54) is 26.0 Å². The van der Waals surface area contributed by atoms with Crippen molar-refractivity contribution in [3.8, 4) is 11.5 Å². The van der Waals surface area contributed by atoms with E-state index in [0.29, 0.717) is 33.4 Å². The van der Waals surface area contributed by atoms with Crippen LogP contribution in [-0.2, 0) is 19.2 Å². The van der Waals surface area contributed by atoms with E-state index in [9.17, 15) is 19.2 Å². The molecule has 4 aromatic carbocycles. The van der Waals surface area contributed by atoms with Crippen molar-refractivity contribution in [2.45, 2.75) is 13.8 Å². The summed E-state index contributed by atoms with van der Waals surface area (Å²) in [5.41, 5.74) is 2.56. The Morgan fingerprint density at radius 1 is 0.525 bits per heavy atom. The average molecular weight is 527 g/mol. The summed E-state index contributed by atoms with van der Waals surface area (Å²) in [4.78, 5) is 51.2. The Hall–Kier alpha value is -5.36. The van der Waals surface area contributed by atoms with Gasteiger partial charge in [-0.05, 0) is 69.1 Å². The Bertz CT molecular complexity index is 1790. The lowest BCUT2D eigenvalue weighted by Gasteiger charge is -2.25. The molecule has 0 bridgehead atoms. The monoisotopic (exact) mass is 526 g/mol. The molecule has 0 atom stereocenters. The van der Waals surface area contributed by atoms with E-state index < -0.39 is 11.9 Å². The quantitative estimate of drug-likeness (QED) is 0.228. The van der Waals surface area contributed by atoms with Crippen LogP contribution in [0.25, 0.3) is 32.7 Å². The molecule has 194 valence electrons.